The molecule has 0 aliphatic rings. The van der Waals surface area contributed by atoms with E-state index in [9.17, 15) is 0 Å². The fourth-order valence-electron chi connectivity index (χ4n) is 1.92. The Morgan fingerprint density at radius 1 is 0.944 bits per heavy atom. The third-order valence-corrected chi connectivity index (χ3v) is 3.25. The molecule has 2 aromatic rings. The second-order valence-corrected chi connectivity index (χ2v) is 4.51. The largest absolute Gasteiger partial charge is 0.496 e. The average molecular weight is 263 g/mol. The van der Waals surface area contributed by atoms with Gasteiger partial charge < -0.3 is 10.1 Å². The van der Waals surface area contributed by atoms with Crippen molar-refractivity contribution in [3.05, 3.63) is 64.7 Å². The molecule has 0 fully saturated rings. The molecule has 0 aromatic heterocycles. The van der Waals surface area contributed by atoms with E-state index in [4.69, 9.17) is 16.3 Å². The first-order valence-electron chi connectivity index (χ1n) is 5.98. The molecule has 0 spiro atoms. The van der Waals surface area contributed by atoms with Crippen LogP contribution < -0.4 is 10.1 Å². The monoisotopic (exact) mass is 262 g/mol. The smallest absolute Gasteiger partial charge is 0.127 e. The van der Waals surface area contributed by atoms with Crippen LogP contribution in [0, 0.1) is 0 Å². The second kappa shape index (κ2) is 6.43. The van der Waals surface area contributed by atoms with Gasteiger partial charge in [0.2, 0.25) is 0 Å². The number of benzene rings is 2. The van der Waals surface area contributed by atoms with E-state index in [1.54, 1.807) is 7.11 Å². The standard InChI is InChI=1S/C15H16ClNO/c1-18-15-9-5-3-7-13(15)11-17-10-12-6-2-4-8-14(12)16/h2-9,17H,10-11H2,1H3/p+1. The van der Waals surface area contributed by atoms with Crippen LogP contribution in [0.2, 0.25) is 5.02 Å². The molecule has 0 aliphatic heterocycles. The zero-order chi connectivity index (χ0) is 12.8. The van der Waals surface area contributed by atoms with Gasteiger partial charge in [-0.2, -0.15) is 0 Å². The second-order valence-electron chi connectivity index (χ2n) is 4.10. The number of rotatable bonds is 5. The molecular weight excluding hydrogens is 246 g/mol. The number of quaternary nitrogens is 1. The van der Waals surface area contributed by atoms with Crippen molar-refractivity contribution in [2.45, 2.75) is 13.1 Å². The third kappa shape index (κ3) is 3.25. The van der Waals surface area contributed by atoms with Crippen LogP contribution >= 0.6 is 11.6 Å². The van der Waals surface area contributed by atoms with E-state index >= 15 is 0 Å². The molecule has 0 atom stereocenters. The van der Waals surface area contributed by atoms with E-state index in [1.165, 1.54) is 5.56 Å². The van der Waals surface area contributed by atoms with E-state index in [0.717, 1.165) is 29.4 Å². The molecule has 2 N–H and O–H groups in total. The molecule has 3 heteroatoms. The topological polar surface area (TPSA) is 25.8 Å². The number of halogens is 1. The van der Waals surface area contributed by atoms with Crippen LogP contribution in [-0.2, 0) is 13.1 Å². The molecule has 0 radical (unpaired) electrons. The Bertz CT molecular complexity index is 513. The molecule has 0 saturated heterocycles. The number of hydrogen-bond acceptors (Lipinski definition) is 1. The molecular formula is C15H17ClNO+. The Labute approximate surface area is 113 Å². The van der Waals surface area contributed by atoms with Crippen LogP contribution in [-0.4, -0.2) is 7.11 Å². The summed E-state index contributed by atoms with van der Waals surface area (Å²) in [7, 11) is 1.70. The first-order valence-corrected chi connectivity index (χ1v) is 6.36. The van der Waals surface area contributed by atoms with E-state index in [1.807, 2.05) is 36.4 Å². The van der Waals surface area contributed by atoms with Crippen molar-refractivity contribution in [1.82, 2.24) is 0 Å². The summed E-state index contributed by atoms with van der Waals surface area (Å²) >= 11 is 6.12. The highest BCUT2D eigenvalue weighted by Gasteiger charge is 2.05. The van der Waals surface area contributed by atoms with Gasteiger partial charge in [-0.3, -0.25) is 0 Å². The number of ether oxygens (including phenoxy) is 1. The van der Waals surface area contributed by atoms with Crippen molar-refractivity contribution in [1.29, 1.82) is 0 Å². The van der Waals surface area contributed by atoms with Crippen molar-refractivity contribution >= 4 is 11.6 Å². The molecule has 0 bridgehead atoms. The summed E-state index contributed by atoms with van der Waals surface area (Å²) in [6, 6.07) is 16.0. The van der Waals surface area contributed by atoms with Crippen LogP contribution in [0.1, 0.15) is 11.1 Å². The number of para-hydroxylation sites is 1. The quantitative estimate of drug-likeness (QED) is 0.881. The summed E-state index contributed by atoms with van der Waals surface area (Å²) in [5, 5.41) is 3.05. The fourth-order valence-corrected chi connectivity index (χ4v) is 2.13. The minimum atomic E-state index is 0.828. The molecule has 0 heterocycles. The molecule has 18 heavy (non-hydrogen) atoms. The lowest BCUT2D eigenvalue weighted by Crippen LogP contribution is -2.80. The molecule has 94 valence electrons. The van der Waals surface area contributed by atoms with Gasteiger partial charge in [0, 0.05) is 16.1 Å². The number of methoxy groups -OCH3 is 1. The lowest BCUT2D eigenvalue weighted by molar-refractivity contribution is -0.686. The molecule has 2 nitrogen and oxygen atoms in total. The average Bonchev–Trinajstić information content (AvgIpc) is 2.41. The lowest BCUT2D eigenvalue weighted by atomic mass is 10.2. The van der Waals surface area contributed by atoms with E-state index < -0.39 is 0 Å². The summed E-state index contributed by atoms with van der Waals surface area (Å²) in [6.45, 7) is 1.76. The van der Waals surface area contributed by atoms with Crippen LogP contribution in [0.5, 0.6) is 5.75 Å². The van der Waals surface area contributed by atoms with Crippen LogP contribution in [0.15, 0.2) is 48.5 Å². The summed E-state index contributed by atoms with van der Waals surface area (Å²) in [5.41, 5.74) is 2.36. The maximum atomic E-state index is 6.12. The van der Waals surface area contributed by atoms with Crippen molar-refractivity contribution in [2.24, 2.45) is 0 Å². The van der Waals surface area contributed by atoms with Gasteiger partial charge >= 0.3 is 0 Å². The van der Waals surface area contributed by atoms with E-state index in [2.05, 4.69) is 17.4 Å². The Morgan fingerprint density at radius 2 is 1.56 bits per heavy atom. The van der Waals surface area contributed by atoms with Crippen molar-refractivity contribution in [3.63, 3.8) is 0 Å². The maximum absolute atomic E-state index is 6.12. The Balaban J connectivity index is 1.95. The normalized spacial score (nSPS) is 10.3. The first kappa shape index (κ1) is 12.9. The molecule has 2 aromatic carbocycles. The lowest BCUT2D eigenvalue weighted by Gasteiger charge is -2.07. The first-order chi connectivity index (χ1) is 8.81. The summed E-state index contributed by atoms with van der Waals surface area (Å²) in [4.78, 5) is 0. The predicted molar refractivity (Wildman–Crippen MR) is 73.8 cm³/mol. The van der Waals surface area contributed by atoms with Gasteiger partial charge in [0.05, 0.1) is 7.11 Å². The minimum absolute atomic E-state index is 0.828. The molecule has 0 saturated carbocycles. The molecule has 0 unspecified atom stereocenters. The van der Waals surface area contributed by atoms with Gasteiger partial charge in [-0.25, -0.2) is 0 Å². The SMILES string of the molecule is COc1ccccc1C[NH2+]Cc1ccccc1Cl. The van der Waals surface area contributed by atoms with Crippen LogP contribution in [0.25, 0.3) is 0 Å². The van der Waals surface area contributed by atoms with Gasteiger partial charge in [-0.1, -0.05) is 41.9 Å². The maximum Gasteiger partial charge on any atom is 0.127 e. The fraction of sp³-hybridized carbons (Fsp3) is 0.200. The highest BCUT2D eigenvalue weighted by molar-refractivity contribution is 6.31. The van der Waals surface area contributed by atoms with E-state index in [-0.39, 0.29) is 0 Å². The Hall–Kier alpha value is -1.51. The van der Waals surface area contributed by atoms with Gasteiger partial charge in [-0.15, -0.1) is 0 Å². The summed E-state index contributed by atoms with van der Waals surface area (Å²) in [6.07, 6.45) is 0. The number of nitrogens with two attached hydrogens (primary N) is 1. The zero-order valence-electron chi connectivity index (χ0n) is 10.4. The summed E-state index contributed by atoms with van der Waals surface area (Å²) in [5.74, 6) is 0.938. The van der Waals surface area contributed by atoms with Crippen LogP contribution in [0.3, 0.4) is 0 Å². The van der Waals surface area contributed by atoms with Gasteiger partial charge in [-0.05, 0) is 18.2 Å². The minimum Gasteiger partial charge on any atom is -0.496 e. The number of hydrogen-bond donors (Lipinski definition) is 1. The van der Waals surface area contributed by atoms with Gasteiger partial charge in [0.25, 0.3) is 0 Å². The van der Waals surface area contributed by atoms with Crippen molar-refractivity contribution in [3.8, 4) is 5.75 Å². The summed E-state index contributed by atoms with van der Waals surface area (Å²) < 4.78 is 5.33. The van der Waals surface area contributed by atoms with E-state index in [0.29, 0.717) is 0 Å². The van der Waals surface area contributed by atoms with Crippen molar-refractivity contribution in [2.75, 3.05) is 7.11 Å². The Morgan fingerprint density at radius 3 is 2.28 bits per heavy atom. The van der Waals surface area contributed by atoms with Gasteiger partial charge in [0.15, 0.2) is 0 Å². The Kier molecular flexibility index (Phi) is 4.62. The molecule has 2 rings (SSSR count). The molecule has 0 amide bonds. The zero-order valence-corrected chi connectivity index (χ0v) is 11.2. The van der Waals surface area contributed by atoms with Crippen molar-refractivity contribution < 1.29 is 10.1 Å². The predicted octanol–water partition coefficient (Wildman–Crippen LogP) is 2.61. The van der Waals surface area contributed by atoms with Gasteiger partial charge in [0.1, 0.15) is 18.8 Å². The third-order valence-electron chi connectivity index (χ3n) is 2.88. The van der Waals surface area contributed by atoms with Crippen LogP contribution in [0.4, 0.5) is 0 Å². The highest BCUT2D eigenvalue weighted by Crippen LogP contribution is 2.16. The molecule has 0 aliphatic carbocycles. The highest BCUT2D eigenvalue weighted by atomic mass is 35.5.